The van der Waals surface area contributed by atoms with Crippen molar-refractivity contribution in [3.05, 3.63) is 76.9 Å². The monoisotopic (exact) mass is 592 g/mol. The van der Waals surface area contributed by atoms with Crippen LogP contribution in [0.3, 0.4) is 0 Å². The predicted octanol–water partition coefficient (Wildman–Crippen LogP) is 11.2. The van der Waals surface area contributed by atoms with E-state index in [9.17, 15) is 22.0 Å². The number of benzene rings is 2. The maximum absolute atomic E-state index is 15.3. The number of halogens is 6. The molecule has 2 aromatic rings. The van der Waals surface area contributed by atoms with Crippen molar-refractivity contribution >= 4 is 0 Å². The van der Waals surface area contributed by atoms with Crippen molar-refractivity contribution in [3.8, 4) is 5.75 Å². The van der Waals surface area contributed by atoms with E-state index in [1.165, 1.54) is 0 Å². The third-order valence-corrected chi connectivity index (χ3v) is 10.2. The van der Waals surface area contributed by atoms with E-state index < -0.39 is 35.2 Å². The van der Waals surface area contributed by atoms with Crippen LogP contribution >= 0.6 is 0 Å². The number of ether oxygens (including phenoxy) is 1. The minimum absolute atomic E-state index is 0.0902. The van der Waals surface area contributed by atoms with Crippen LogP contribution in [-0.2, 0) is 0 Å². The second kappa shape index (κ2) is 13.5. The molecule has 0 heterocycles. The second-order valence-electron chi connectivity index (χ2n) is 12.8. The fraction of sp³-hybridized carbons (Fsp3) is 0.600. The van der Waals surface area contributed by atoms with E-state index in [1.54, 1.807) is 6.07 Å². The Balaban J connectivity index is 1.09. The van der Waals surface area contributed by atoms with Crippen LogP contribution in [0.5, 0.6) is 5.75 Å². The molecule has 0 saturated heterocycles. The van der Waals surface area contributed by atoms with Crippen LogP contribution in [0.1, 0.15) is 113 Å². The molecule has 3 aliphatic carbocycles. The highest BCUT2D eigenvalue weighted by molar-refractivity contribution is 5.30. The Morgan fingerprint density at radius 1 is 0.714 bits per heavy atom. The highest BCUT2D eigenvalue weighted by Gasteiger charge is 2.45. The minimum atomic E-state index is -3.60. The lowest BCUT2D eigenvalue weighted by Crippen LogP contribution is -2.38. The third-order valence-electron chi connectivity index (χ3n) is 10.2. The number of rotatable bonds is 8. The van der Waals surface area contributed by atoms with Gasteiger partial charge in [0.1, 0.15) is 11.6 Å². The van der Waals surface area contributed by atoms with Gasteiger partial charge >= 0.3 is 6.11 Å². The lowest BCUT2D eigenvalue weighted by molar-refractivity contribution is -0.224. The van der Waals surface area contributed by atoms with Crippen molar-refractivity contribution in [3.63, 3.8) is 0 Å². The molecule has 0 bridgehead atoms. The molecule has 3 aliphatic rings. The first-order valence-corrected chi connectivity index (χ1v) is 15.8. The van der Waals surface area contributed by atoms with Crippen molar-refractivity contribution in [2.45, 2.75) is 108 Å². The number of hydrogen-bond donors (Lipinski definition) is 0. The Bertz CT molecular complexity index is 1190. The van der Waals surface area contributed by atoms with E-state index in [1.807, 2.05) is 6.07 Å². The Morgan fingerprint density at radius 3 is 1.86 bits per heavy atom. The molecule has 7 heteroatoms. The molecule has 0 radical (unpaired) electrons. The first-order valence-electron chi connectivity index (χ1n) is 15.8. The van der Waals surface area contributed by atoms with Crippen LogP contribution in [0.4, 0.5) is 26.3 Å². The number of allylic oxidation sites excluding steroid dienone is 2. The fourth-order valence-corrected chi connectivity index (χ4v) is 7.76. The molecule has 0 spiro atoms. The molecule has 0 aromatic heterocycles. The van der Waals surface area contributed by atoms with Gasteiger partial charge in [-0.25, -0.2) is 17.6 Å². The van der Waals surface area contributed by atoms with Gasteiger partial charge in [0, 0.05) is 12.1 Å². The molecule has 0 N–H and O–H groups in total. The maximum Gasteiger partial charge on any atom is 0.400 e. The largest absolute Gasteiger partial charge is 0.432 e. The summed E-state index contributed by atoms with van der Waals surface area (Å²) in [5.74, 6) is -4.69. The molecular weight excluding hydrogens is 550 g/mol. The Kier molecular flexibility index (Phi) is 9.94. The van der Waals surface area contributed by atoms with Crippen LogP contribution in [0.15, 0.2) is 42.5 Å². The van der Waals surface area contributed by atoms with E-state index in [0.29, 0.717) is 48.6 Å². The summed E-state index contributed by atoms with van der Waals surface area (Å²) in [5.41, 5.74) is 1.93. The van der Waals surface area contributed by atoms with Crippen molar-refractivity contribution in [2.24, 2.45) is 23.7 Å². The first kappa shape index (κ1) is 31.0. The summed E-state index contributed by atoms with van der Waals surface area (Å²) in [6.45, 7) is 2.15. The van der Waals surface area contributed by atoms with Crippen molar-refractivity contribution in [2.75, 3.05) is 0 Å². The summed E-state index contributed by atoms with van der Waals surface area (Å²) < 4.78 is 89.7. The van der Waals surface area contributed by atoms with Gasteiger partial charge in [0.2, 0.25) is 0 Å². The zero-order valence-corrected chi connectivity index (χ0v) is 24.4. The van der Waals surface area contributed by atoms with Gasteiger partial charge in [-0.2, -0.15) is 8.78 Å². The van der Waals surface area contributed by atoms with E-state index in [2.05, 4.69) is 29.9 Å². The van der Waals surface area contributed by atoms with E-state index in [-0.39, 0.29) is 24.6 Å². The summed E-state index contributed by atoms with van der Waals surface area (Å²) >= 11 is 0. The smallest absolute Gasteiger partial charge is 0.400 e. The lowest BCUT2D eigenvalue weighted by Gasteiger charge is -2.39. The molecule has 1 nitrogen and oxygen atoms in total. The van der Waals surface area contributed by atoms with E-state index >= 15 is 4.39 Å². The quantitative estimate of drug-likeness (QED) is 0.168. The van der Waals surface area contributed by atoms with E-state index in [0.717, 1.165) is 68.9 Å². The normalized spacial score (nSPS) is 29.1. The lowest BCUT2D eigenvalue weighted by atomic mass is 9.68. The van der Waals surface area contributed by atoms with Crippen molar-refractivity contribution in [1.82, 2.24) is 0 Å². The fourth-order valence-electron chi connectivity index (χ4n) is 7.76. The SMILES string of the molecule is CCC=CC1CCC(c2ccc(C3CCC(C4CCC(C(F)(F)Oc5cc(F)c(F)c(F)c5)CC4)CC3)c(F)c2)CC1. The van der Waals surface area contributed by atoms with Crippen molar-refractivity contribution in [1.29, 1.82) is 0 Å². The molecule has 230 valence electrons. The highest BCUT2D eigenvalue weighted by Crippen LogP contribution is 2.47. The molecule has 0 amide bonds. The van der Waals surface area contributed by atoms with Crippen LogP contribution in [-0.4, -0.2) is 6.11 Å². The van der Waals surface area contributed by atoms with Gasteiger partial charge in [-0.1, -0.05) is 31.2 Å². The van der Waals surface area contributed by atoms with Gasteiger partial charge in [-0.3, -0.25) is 0 Å². The van der Waals surface area contributed by atoms with E-state index in [4.69, 9.17) is 0 Å². The summed E-state index contributed by atoms with van der Waals surface area (Å²) in [4.78, 5) is 0. The average Bonchev–Trinajstić information content (AvgIpc) is 2.99. The molecule has 0 aliphatic heterocycles. The Hall–Kier alpha value is -2.44. The molecule has 42 heavy (non-hydrogen) atoms. The summed E-state index contributed by atoms with van der Waals surface area (Å²) in [5, 5.41) is 0. The zero-order chi connectivity index (χ0) is 29.9. The third kappa shape index (κ3) is 7.19. The molecule has 3 saturated carbocycles. The summed E-state index contributed by atoms with van der Waals surface area (Å²) in [7, 11) is 0. The maximum atomic E-state index is 15.3. The van der Waals surface area contributed by atoms with Crippen LogP contribution in [0.2, 0.25) is 0 Å². The molecule has 3 fully saturated rings. The van der Waals surface area contributed by atoms with Gasteiger partial charge in [0.25, 0.3) is 0 Å². The molecular formula is C35H42F6O. The van der Waals surface area contributed by atoms with Crippen LogP contribution in [0.25, 0.3) is 0 Å². The highest BCUT2D eigenvalue weighted by atomic mass is 19.3. The summed E-state index contributed by atoms with van der Waals surface area (Å²) in [6.07, 6.45) is 12.0. The number of alkyl halides is 2. The minimum Gasteiger partial charge on any atom is -0.432 e. The van der Waals surface area contributed by atoms with Gasteiger partial charge in [-0.05, 0) is 130 Å². The van der Waals surface area contributed by atoms with Gasteiger partial charge in [0.15, 0.2) is 17.5 Å². The Labute approximate surface area is 245 Å². The van der Waals surface area contributed by atoms with Crippen LogP contribution in [0, 0.1) is 46.9 Å². The summed E-state index contributed by atoms with van der Waals surface area (Å²) in [6, 6.07) is 6.81. The first-order chi connectivity index (χ1) is 20.1. The number of hydrogen-bond acceptors (Lipinski definition) is 1. The molecule has 0 unspecified atom stereocenters. The topological polar surface area (TPSA) is 9.23 Å². The Morgan fingerprint density at radius 2 is 1.29 bits per heavy atom. The van der Waals surface area contributed by atoms with Crippen LogP contribution < -0.4 is 4.74 Å². The van der Waals surface area contributed by atoms with Gasteiger partial charge < -0.3 is 4.74 Å². The average molecular weight is 593 g/mol. The molecule has 0 atom stereocenters. The van der Waals surface area contributed by atoms with Gasteiger partial charge in [-0.15, -0.1) is 0 Å². The predicted molar refractivity (Wildman–Crippen MR) is 153 cm³/mol. The van der Waals surface area contributed by atoms with Crippen molar-refractivity contribution < 1.29 is 31.1 Å². The standard InChI is InChI=1S/C35H42F6O/c1-2-3-4-22-5-7-25(8-6-22)27-15-18-30(31(36)19-27)26-11-9-23(10-12-26)24-13-16-28(17-14-24)35(40,41)42-29-20-32(37)34(39)33(38)21-29/h3-4,15,18-26,28H,2,5-14,16-17H2,1H3. The zero-order valence-electron chi connectivity index (χ0n) is 24.4. The van der Waals surface area contributed by atoms with Gasteiger partial charge in [0.05, 0.1) is 5.92 Å². The molecule has 5 rings (SSSR count). The molecule has 2 aromatic carbocycles. The second-order valence-corrected chi connectivity index (χ2v) is 12.8.